The molecule has 1 aromatic heterocycles. The molecule has 20 heavy (non-hydrogen) atoms. The fourth-order valence-electron chi connectivity index (χ4n) is 1.90. The zero-order chi connectivity index (χ0) is 14.6. The van der Waals surface area contributed by atoms with Crippen LogP contribution in [0.4, 0.5) is 0 Å². The normalized spacial score (nSPS) is 11.5. The summed E-state index contributed by atoms with van der Waals surface area (Å²) in [5.74, 6) is 0. The molecule has 106 valence electrons. The third-order valence-corrected chi connectivity index (χ3v) is 4.77. The quantitative estimate of drug-likeness (QED) is 0.860. The van der Waals surface area contributed by atoms with Crippen molar-refractivity contribution < 1.29 is 13.6 Å². The van der Waals surface area contributed by atoms with Crippen LogP contribution in [0.2, 0.25) is 0 Å². The monoisotopic (exact) mass is 293 g/mol. The van der Waals surface area contributed by atoms with E-state index in [1.807, 2.05) is 30.3 Å². The van der Waals surface area contributed by atoms with Gasteiger partial charge in [-0.25, -0.2) is 0 Å². The van der Waals surface area contributed by atoms with Gasteiger partial charge in [-0.15, -0.1) is 0 Å². The number of hydrogen-bond donors (Lipinski definition) is 1. The van der Waals surface area contributed by atoms with E-state index in [1.54, 1.807) is 6.07 Å². The molecule has 0 aliphatic rings. The lowest BCUT2D eigenvalue weighted by Crippen LogP contribution is -2.09. The number of rotatable bonds is 5. The van der Waals surface area contributed by atoms with Crippen molar-refractivity contribution in [3.05, 3.63) is 58.5 Å². The summed E-state index contributed by atoms with van der Waals surface area (Å²) in [7, 11) is -0.559. The minimum absolute atomic E-state index is 0.0237. The molecule has 0 saturated heterocycles. The van der Waals surface area contributed by atoms with E-state index in [0.29, 0.717) is 5.69 Å². The Morgan fingerprint density at radius 2 is 1.70 bits per heavy atom. The highest BCUT2D eigenvalue weighted by Crippen LogP contribution is 2.49. The van der Waals surface area contributed by atoms with E-state index >= 15 is 0 Å². The largest absolute Gasteiger partial charge is 0.335 e. The number of nitrogens with one attached hydrogen (secondary N) is 1. The molecule has 0 bridgehead atoms. The lowest BCUT2D eigenvalue weighted by molar-refractivity contribution is 0.274. The second kappa shape index (κ2) is 6.18. The van der Waals surface area contributed by atoms with Crippen molar-refractivity contribution in [3.8, 4) is 11.1 Å². The van der Waals surface area contributed by atoms with E-state index < -0.39 is 7.60 Å². The summed E-state index contributed by atoms with van der Waals surface area (Å²) < 4.78 is 21.9. The molecular weight excluding hydrogens is 277 g/mol. The van der Waals surface area contributed by atoms with Crippen LogP contribution in [0.3, 0.4) is 0 Å². The average molecular weight is 293 g/mol. The number of hydrogen-bond acceptors (Lipinski definition) is 4. The Morgan fingerprint density at radius 1 is 1.05 bits per heavy atom. The molecule has 0 amide bonds. The first-order valence-corrected chi connectivity index (χ1v) is 7.78. The van der Waals surface area contributed by atoms with Gasteiger partial charge in [0.2, 0.25) is 5.56 Å². The molecule has 1 heterocycles. The number of aromatic nitrogens is 1. The molecule has 0 atom stereocenters. The van der Waals surface area contributed by atoms with Crippen LogP contribution in [0.5, 0.6) is 0 Å². The summed E-state index contributed by atoms with van der Waals surface area (Å²) in [6.07, 6.45) is 0.0237. The molecule has 0 fully saturated rings. The van der Waals surface area contributed by atoms with Gasteiger partial charge < -0.3 is 14.0 Å². The Morgan fingerprint density at radius 3 is 2.30 bits per heavy atom. The average Bonchev–Trinajstić information content (AvgIpc) is 2.47. The molecule has 0 aliphatic heterocycles. The summed E-state index contributed by atoms with van der Waals surface area (Å²) in [6.45, 7) is 0. The predicted octanol–water partition coefficient (Wildman–Crippen LogP) is 3.03. The summed E-state index contributed by atoms with van der Waals surface area (Å²) in [5.41, 5.74) is 1.95. The highest BCUT2D eigenvalue weighted by molar-refractivity contribution is 7.52. The molecule has 5 nitrogen and oxygen atoms in total. The predicted molar refractivity (Wildman–Crippen MR) is 77.8 cm³/mol. The maximum absolute atomic E-state index is 12.1. The maximum atomic E-state index is 12.1. The smallest absolute Gasteiger partial charge is 0.326 e. The standard InChI is InChI=1S/C14H16NO4P/c1-18-20(17,19-2)10-13-8-12(9-14(16)15-13)11-6-4-3-5-7-11/h3-9H,10H2,1-2H3,(H,15,16). The molecule has 6 heteroatoms. The fourth-order valence-corrected chi connectivity index (χ4v) is 2.89. The van der Waals surface area contributed by atoms with Crippen LogP contribution in [-0.4, -0.2) is 19.2 Å². The second-order valence-electron chi connectivity index (χ2n) is 4.26. The number of benzene rings is 1. The zero-order valence-electron chi connectivity index (χ0n) is 11.3. The molecule has 0 unspecified atom stereocenters. The third-order valence-electron chi connectivity index (χ3n) is 2.93. The Labute approximate surface area is 117 Å². The van der Waals surface area contributed by atoms with Crippen LogP contribution in [0, 0.1) is 0 Å². The Hall–Kier alpha value is -1.68. The number of aromatic amines is 1. The lowest BCUT2D eigenvalue weighted by Gasteiger charge is -2.13. The lowest BCUT2D eigenvalue weighted by atomic mass is 10.1. The topological polar surface area (TPSA) is 68.4 Å². The van der Waals surface area contributed by atoms with Gasteiger partial charge in [0, 0.05) is 26.0 Å². The van der Waals surface area contributed by atoms with Crippen LogP contribution in [-0.2, 0) is 19.8 Å². The highest BCUT2D eigenvalue weighted by Gasteiger charge is 2.22. The summed E-state index contributed by atoms with van der Waals surface area (Å²) >= 11 is 0. The molecule has 2 aromatic rings. The molecule has 1 N–H and O–H groups in total. The second-order valence-corrected chi connectivity index (χ2v) is 6.53. The van der Waals surface area contributed by atoms with Crippen LogP contribution in [0.15, 0.2) is 47.3 Å². The van der Waals surface area contributed by atoms with Crippen molar-refractivity contribution in [1.29, 1.82) is 0 Å². The van der Waals surface area contributed by atoms with E-state index in [4.69, 9.17) is 9.05 Å². The van der Waals surface area contributed by atoms with E-state index in [0.717, 1.165) is 11.1 Å². The summed E-state index contributed by atoms with van der Waals surface area (Å²) in [4.78, 5) is 14.4. The van der Waals surface area contributed by atoms with Gasteiger partial charge in [-0.1, -0.05) is 30.3 Å². The van der Waals surface area contributed by atoms with Crippen molar-refractivity contribution >= 4 is 7.60 Å². The van der Waals surface area contributed by atoms with Gasteiger partial charge >= 0.3 is 7.60 Å². The molecule has 0 radical (unpaired) electrons. The van der Waals surface area contributed by atoms with Gasteiger partial charge in [0.1, 0.15) is 0 Å². The van der Waals surface area contributed by atoms with Crippen LogP contribution < -0.4 is 5.56 Å². The van der Waals surface area contributed by atoms with Crippen LogP contribution in [0.25, 0.3) is 11.1 Å². The molecule has 0 saturated carbocycles. The summed E-state index contributed by atoms with van der Waals surface area (Å²) in [5, 5.41) is 0. The van der Waals surface area contributed by atoms with E-state index in [2.05, 4.69) is 4.98 Å². The first kappa shape index (κ1) is 14.7. The Balaban J connectivity index is 2.40. The number of H-pyrrole nitrogens is 1. The fraction of sp³-hybridized carbons (Fsp3) is 0.214. The highest BCUT2D eigenvalue weighted by atomic mass is 31.2. The minimum atomic E-state index is -3.20. The minimum Gasteiger partial charge on any atom is -0.326 e. The molecule has 0 aliphatic carbocycles. The zero-order valence-corrected chi connectivity index (χ0v) is 12.2. The Kier molecular flexibility index (Phi) is 4.55. The third kappa shape index (κ3) is 3.45. The van der Waals surface area contributed by atoms with Crippen molar-refractivity contribution in [2.24, 2.45) is 0 Å². The van der Waals surface area contributed by atoms with Gasteiger partial charge in [-0.05, 0) is 17.2 Å². The first-order valence-electron chi connectivity index (χ1n) is 6.05. The maximum Gasteiger partial charge on any atom is 0.335 e. The first-order chi connectivity index (χ1) is 9.56. The SMILES string of the molecule is COP(=O)(Cc1cc(-c2ccccc2)cc(=O)[nH]1)OC. The number of pyridine rings is 1. The van der Waals surface area contributed by atoms with Crippen molar-refractivity contribution in [1.82, 2.24) is 4.98 Å². The van der Waals surface area contributed by atoms with Gasteiger partial charge in [0.15, 0.2) is 0 Å². The Bertz CT molecular complexity index is 673. The van der Waals surface area contributed by atoms with Crippen molar-refractivity contribution in [2.45, 2.75) is 6.16 Å². The molecular formula is C14H16NO4P. The van der Waals surface area contributed by atoms with Crippen molar-refractivity contribution in [3.63, 3.8) is 0 Å². The van der Waals surface area contributed by atoms with Gasteiger partial charge in [-0.3, -0.25) is 9.36 Å². The summed E-state index contributed by atoms with van der Waals surface area (Å²) in [6, 6.07) is 12.8. The van der Waals surface area contributed by atoms with Gasteiger partial charge in [-0.2, -0.15) is 0 Å². The van der Waals surface area contributed by atoms with Crippen LogP contribution in [0.1, 0.15) is 5.69 Å². The molecule has 1 aromatic carbocycles. The van der Waals surface area contributed by atoms with Gasteiger partial charge in [0.05, 0.1) is 6.16 Å². The van der Waals surface area contributed by atoms with Crippen molar-refractivity contribution in [2.75, 3.05) is 14.2 Å². The van der Waals surface area contributed by atoms with Crippen LogP contribution >= 0.6 is 7.60 Å². The molecule has 0 spiro atoms. The molecule has 2 rings (SSSR count). The van der Waals surface area contributed by atoms with E-state index in [-0.39, 0.29) is 11.7 Å². The van der Waals surface area contributed by atoms with E-state index in [1.165, 1.54) is 20.3 Å². The van der Waals surface area contributed by atoms with Gasteiger partial charge in [0.25, 0.3) is 0 Å². The van der Waals surface area contributed by atoms with E-state index in [9.17, 15) is 9.36 Å².